The van der Waals surface area contributed by atoms with Crippen molar-refractivity contribution in [2.75, 3.05) is 4.90 Å². The number of hydrogen-bond acceptors (Lipinski definition) is 3. The molecule has 6 aromatic carbocycles. The van der Waals surface area contributed by atoms with E-state index >= 15 is 0 Å². The number of nitrogens with zero attached hydrogens (tertiary/aromatic N) is 3. The summed E-state index contributed by atoms with van der Waals surface area (Å²) in [5.41, 5.74) is 14.8. The predicted molar refractivity (Wildman–Crippen MR) is 242 cm³/mol. The first-order valence-corrected chi connectivity index (χ1v) is 20.4. The van der Waals surface area contributed by atoms with Crippen LogP contribution in [0, 0.1) is 30.3 Å². The Morgan fingerprint density at radius 2 is 1.33 bits per heavy atom. The molecule has 0 saturated carbocycles. The van der Waals surface area contributed by atoms with Crippen LogP contribution in [0.2, 0.25) is 0 Å². The van der Waals surface area contributed by atoms with E-state index in [9.17, 15) is 0 Å². The van der Waals surface area contributed by atoms with Gasteiger partial charge in [0, 0.05) is 28.8 Å². The molecule has 0 unspecified atom stereocenters. The van der Waals surface area contributed by atoms with Gasteiger partial charge in [0.2, 0.25) is 0 Å². The molecule has 1 aliphatic carbocycles. The maximum Gasteiger partial charge on any atom is 2.00 e. The van der Waals surface area contributed by atoms with Crippen molar-refractivity contribution in [2.24, 2.45) is 7.05 Å². The molecule has 0 bridgehead atoms. The molecule has 296 valence electrons. The predicted octanol–water partition coefficient (Wildman–Crippen LogP) is 12.7. The fourth-order valence-electron chi connectivity index (χ4n) is 8.54. The summed E-state index contributed by atoms with van der Waals surface area (Å²) in [4.78, 5) is 6.83. The first-order valence-electron chi connectivity index (χ1n) is 20.4. The van der Waals surface area contributed by atoms with Crippen LogP contribution in [0.25, 0.3) is 33.5 Å². The molecule has 0 atom stereocenters. The van der Waals surface area contributed by atoms with E-state index in [1.54, 1.807) is 6.20 Å². The zero-order valence-corrected chi connectivity index (χ0v) is 35.8. The van der Waals surface area contributed by atoms with Gasteiger partial charge in [0.1, 0.15) is 12.7 Å². The van der Waals surface area contributed by atoms with Crippen LogP contribution in [0.15, 0.2) is 176 Å². The van der Waals surface area contributed by atoms with Crippen molar-refractivity contribution in [1.29, 1.82) is 0 Å². The quantitative estimate of drug-likeness (QED) is 0.0746. The maximum atomic E-state index is 6.96. The van der Waals surface area contributed by atoms with E-state index in [1.165, 1.54) is 33.4 Å². The van der Waals surface area contributed by atoms with Gasteiger partial charge in [0.05, 0.1) is 5.69 Å². The summed E-state index contributed by atoms with van der Waals surface area (Å²) in [6, 6.07) is 59.8. The third kappa shape index (κ3) is 7.79. The number of aromatic nitrogens is 2. The Kier molecular flexibility index (Phi) is 11.8. The van der Waals surface area contributed by atoms with Gasteiger partial charge in [-0.2, -0.15) is 0 Å². The normalized spacial score (nSPS) is 12.3. The monoisotopic (exact) mass is 878 g/mol. The summed E-state index contributed by atoms with van der Waals surface area (Å²) >= 11 is 0. The SMILES string of the molecule is CCC1(CC)c2ccccc2-c2ccc(-c3cc[n+](C)c(-c4[c-]c(N5c6ccccc6Oc6cccnc65)ccc4)c3)cc21.[C-]#Cc1ccc(C#Cc2ccccc2)cc1.[Pd+2]. The molecule has 5 heteroatoms. The van der Waals surface area contributed by atoms with Crippen molar-refractivity contribution in [2.45, 2.75) is 32.1 Å². The Balaban J connectivity index is 0.000000255. The summed E-state index contributed by atoms with van der Waals surface area (Å²) < 4.78 is 8.36. The van der Waals surface area contributed by atoms with Gasteiger partial charge in [-0.1, -0.05) is 110 Å². The van der Waals surface area contributed by atoms with Crippen LogP contribution in [-0.4, -0.2) is 4.98 Å². The minimum absolute atomic E-state index is 0. The summed E-state index contributed by atoms with van der Waals surface area (Å²) in [6.45, 7) is 4.65. The van der Waals surface area contributed by atoms with Crippen LogP contribution >= 0.6 is 0 Å². The molecule has 0 N–H and O–H groups in total. The van der Waals surface area contributed by atoms with Gasteiger partial charge in [-0.05, 0) is 100 Å². The van der Waals surface area contributed by atoms with E-state index < -0.39 is 0 Å². The smallest absolute Gasteiger partial charge is 0.451 e. The average Bonchev–Trinajstić information content (AvgIpc) is 3.60. The molecule has 0 spiro atoms. The van der Waals surface area contributed by atoms with Crippen LogP contribution in [-0.2, 0) is 32.9 Å². The van der Waals surface area contributed by atoms with E-state index in [0.29, 0.717) is 0 Å². The van der Waals surface area contributed by atoms with Gasteiger partial charge in [-0.3, -0.25) is 5.92 Å². The molecule has 2 aromatic heterocycles. The fraction of sp³-hybridized carbons (Fsp3) is 0.107. The Morgan fingerprint density at radius 1 is 0.656 bits per heavy atom. The maximum absolute atomic E-state index is 6.96. The molecule has 0 radical (unpaired) electrons. The number of fused-ring (bicyclic) bond motifs is 5. The van der Waals surface area contributed by atoms with Crippen molar-refractivity contribution < 1.29 is 29.7 Å². The second kappa shape index (κ2) is 17.7. The summed E-state index contributed by atoms with van der Waals surface area (Å²) in [7, 11) is 2.10. The molecule has 0 amide bonds. The molecule has 3 heterocycles. The van der Waals surface area contributed by atoms with Crippen LogP contribution in [0.1, 0.15) is 54.5 Å². The van der Waals surface area contributed by atoms with Crippen LogP contribution in [0.4, 0.5) is 17.2 Å². The molecular weight excluding hydrogens is 837 g/mol. The van der Waals surface area contributed by atoms with Crippen molar-refractivity contribution in [3.63, 3.8) is 0 Å². The minimum Gasteiger partial charge on any atom is -0.451 e. The van der Waals surface area contributed by atoms with Crippen molar-refractivity contribution in [3.8, 4) is 62.8 Å². The molecule has 2 aliphatic rings. The Bertz CT molecular complexity index is 2920. The number of aryl methyl sites for hydroxylation is 1. The van der Waals surface area contributed by atoms with Gasteiger partial charge in [-0.15, -0.1) is 42.0 Å². The van der Waals surface area contributed by atoms with Crippen molar-refractivity contribution in [1.82, 2.24) is 4.98 Å². The van der Waals surface area contributed by atoms with Crippen LogP contribution < -0.4 is 14.2 Å². The standard InChI is InChI=1S/C40H33N3O.C16H9.Pd/c1-4-40(5-2)33-15-7-6-14-31(33)32-20-19-27(25-34(32)40)28-21-23-42(3)36(26-28)29-12-10-13-30(24-29)43-35-16-8-9-17-37(35)44-38-18-11-22-41-39(38)43;1-2-14-8-10-16(11-9-14)13-12-15-6-4-3-5-7-15;/h6-23,25-26H,4-5H2,1-3H3;3-11H;/q;-1;+2. The van der Waals surface area contributed by atoms with Crippen molar-refractivity contribution >= 4 is 17.2 Å². The Morgan fingerprint density at radius 3 is 2.11 bits per heavy atom. The number of rotatable bonds is 5. The summed E-state index contributed by atoms with van der Waals surface area (Å²) in [5, 5.41) is 0. The van der Waals surface area contributed by atoms with E-state index in [4.69, 9.17) is 16.1 Å². The molecule has 61 heavy (non-hydrogen) atoms. The molecular formula is C56H42N3OPd+. The van der Waals surface area contributed by atoms with Gasteiger partial charge in [0.25, 0.3) is 0 Å². The van der Waals surface area contributed by atoms with Gasteiger partial charge < -0.3 is 16.1 Å². The molecule has 8 aromatic rings. The molecule has 0 fully saturated rings. The first-order chi connectivity index (χ1) is 29.5. The summed E-state index contributed by atoms with van der Waals surface area (Å²) in [5.74, 6) is 10.8. The largest absolute Gasteiger partial charge is 2.00 e. The van der Waals surface area contributed by atoms with Crippen LogP contribution in [0.5, 0.6) is 11.5 Å². The third-order valence-corrected chi connectivity index (χ3v) is 11.7. The van der Waals surface area contributed by atoms with E-state index in [1.807, 2.05) is 84.9 Å². The number of hydrogen-bond donors (Lipinski definition) is 0. The zero-order chi connectivity index (χ0) is 41.1. The van der Waals surface area contributed by atoms with E-state index in [2.05, 4.69) is 139 Å². The number of benzene rings is 6. The summed E-state index contributed by atoms with van der Waals surface area (Å²) in [6.07, 6.45) is 13.1. The average molecular weight is 879 g/mol. The molecule has 10 rings (SSSR count). The number of anilines is 3. The van der Waals surface area contributed by atoms with E-state index in [0.717, 1.165) is 69.5 Å². The Hall–Kier alpha value is -7.00. The topological polar surface area (TPSA) is 29.2 Å². The van der Waals surface area contributed by atoms with E-state index in [-0.39, 0.29) is 25.8 Å². The Labute approximate surface area is 373 Å². The number of pyridine rings is 2. The number of para-hydroxylation sites is 2. The minimum atomic E-state index is 0. The fourth-order valence-corrected chi connectivity index (χ4v) is 8.54. The van der Waals surface area contributed by atoms with Crippen LogP contribution in [0.3, 0.4) is 0 Å². The zero-order valence-electron chi connectivity index (χ0n) is 34.2. The van der Waals surface area contributed by atoms with Crippen molar-refractivity contribution in [3.05, 3.63) is 216 Å². The van der Waals surface area contributed by atoms with Gasteiger partial charge >= 0.3 is 20.4 Å². The second-order valence-corrected chi connectivity index (χ2v) is 15.0. The third-order valence-electron chi connectivity index (χ3n) is 11.7. The molecule has 4 nitrogen and oxygen atoms in total. The second-order valence-electron chi connectivity index (χ2n) is 15.0. The molecule has 1 aliphatic heterocycles. The van der Waals surface area contributed by atoms with Gasteiger partial charge in [-0.25, -0.2) is 9.55 Å². The number of ether oxygens (including phenoxy) is 1. The first kappa shape index (κ1) is 40.8. The molecule has 0 saturated heterocycles. The van der Waals surface area contributed by atoms with Gasteiger partial charge in [0.15, 0.2) is 23.5 Å².